The molecule has 1 heterocycles. The van der Waals surface area contributed by atoms with E-state index in [0.29, 0.717) is 30.2 Å². The van der Waals surface area contributed by atoms with Crippen molar-refractivity contribution in [3.05, 3.63) is 23.8 Å². The van der Waals surface area contributed by atoms with Crippen molar-refractivity contribution in [3.8, 4) is 5.75 Å². The van der Waals surface area contributed by atoms with Crippen LogP contribution in [0, 0.1) is 0 Å². The summed E-state index contributed by atoms with van der Waals surface area (Å²) in [4.78, 5) is 37.4. The van der Waals surface area contributed by atoms with Gasteiger partial charge in [0, 0.05) is 18.5 Å². The molecule has 6 nitrogen and oxygen atoms in total. The first-order valence-corrected chi connectivity index (χ1v) is 8.32. The number of hydrogen-bond donors (Lipinski definition) is 0. The molecule has 0 unspecified atom stereocenters. The molecule has 24 heavy (non-hydrogen) atoms. The lowest BCUT2D eigenvalue weighted by atomic mass is 10.0. The summed E-state index contributed by atoms with van der Waals surface area (Å²) in [5, 5.41) is 0. The Morgan fingerprint density at radius 2 is 2.04 bits per heavy atom. The first kappa shape index (κ1) is 18.0. The van der Waals surface area contributed by atoms with Gasteiger partial charge in [-0.3, -0.25) is 14.4 Å². The van der Waals surface area contributed by atoms with Crippen molar-refractivity contribution >= 4 is 23.3 Å². The predicted octanol–water partition coefficient (Wildman–Crippen LogP) is 2.74. The number of unbranched alkanes of at least 4 members (excludes halogenated alkanes) is 1. The van der Waals surface area contributed by atoms with Crippen molar-refractivity contribution in [2.75, 3.05) is 24.7 Å². The molecule has 0 radical (unpaired) electrons. The van der Waals surface area contributed by atoms with Crippen molar-refractivity contribution in [2.24, 2.45) is 0 Å². The molecule has 0 fully saturated rings. The average molecular weight is 333 g/mol. The molecule has 2 rings (SSSR count). The molecule has 0 saturated carbocycles. The maximum Gasteiger partial charge on any atom is 0.306 e. The highest BCUT2D eigenvalue weighted by Gasteiger charge is 2.26. The molecular weight excluding hydrogens is 310 g/mol. The number of Topliss-reactive ketones (excluding diaryl/α,β-unsaturated/α-hetero) is 1. The van der Waals surface area contributed by atoms with Gasteiger partial charge in [-0.2, -0.15) is 0 Å². The number of fused-ring (bicyclic) bond motifs is 1. The number of esters is 1. The summed E-state index contributed by atoms with van der Waals surface area (Å²) >= 11 is 0. The third-order valence-corrected chi connectivity index (χ3v) is 3.82. The minimum Gasteiger partial charge on any atom is -0.482 e. The van der Waals surface area contributed by atoms with Gasteiger partial charge in [-0.1, -0.05) is 13.3 Å². The molecule has 130 valence electrons. The summed E-state index contributed by atoms with van der Waals surface area (Å²) in [6, 6.07) is 5.05. The van der Waals surface area contributed by atoms with Crippen LogP contribution in [0.1, 0.15) is 49.9 Å². The topological polar surface area (TPSA) is 72.9 Å². The molecule has 0 aromatic heterocycles. The lowest BCUT2D eigenvalue weighted by molar-refractivity contribution is -0.143. The number of carbonyl (C=O) groups excluding carboxylic acids is 3. The fourth-order valence-corrected chi connectivity index (χ4v) is 2.53. The number of anilines is 1. The molecule has 0 spiro atoms. The Hall–Kier alpha value is -2.37. The second-order valence-electron chi connectivity index (χ2n) is 5.60. The van der Waals surface area contributed by atoms with E-state index in [-0.39, 0.29) is 37.1 Å². The van der Waals surface area contributed by atoms with Gasteiger partial charge in [0.1, 0.15) is 5.75 Å². The van der Waals surface area contributed by atoms with Gasteiger partial charge >= 0.3 is 5.97 Å². The highest BCUT2D eigenvalue weighted by atomic mass is 16.5. The van der Waals surface area contributed by atoms with Gasteiger partial charge in [-0.05, 0) is 31.5 Å². The summed E-state index contributed by atoms with van der Waals surface area (Å²) in [6.45, 7) is 4.71. The zero-order chi connectivity index (χ0) is 17.5. The van der Waals surface area contributed by atoms with Crippen molar-refractivity contribution in [1.29, 1.82) is 0 Å². The van der Waals surface area contributed by atoms with Crippen molar-refractivity contribution in [3.63, 3.8) is 0 Å². The Kier molecular flexibility index (Phi) is 6.35. The third-order valence-electron chi connectivity index (χ3n) is 3.82. The van der Waals surface area contributed by atoms with Crippen molar-refractivity contribution < 1.29 is 23.9 Å². The maximum atomic E-state index is 12.3. The normalized spacial score (nSPS) is 13.2. The summed E-state index contributed by atoms with van der Waals surface area (Å²) in [5.41, 5.74) is 1.10. The number of carbonyl (C=O) groups is 3. The molecule has 1 aromatic rings. The van der Waals surface area contributed by atoms with Gasteiger partial charge in [0.05, 0.1) is 18.7 Å². The van der Waals surface area contributed by atoms with Crippen LogP contribution in [0.25, 0.3) is 0 Å². The predicted molar refractivity (Wildman–Crippen MR) is 89.4 cm³/mol. The number of hydrogen-bond acceptors (Lipinski definition) is 5. The van der Waals surface area contributed by atoms with E-state index >= 15 is 0 Å². The van der Waals surface area contributed by atoms with Crippen LogP contribution in [0.4, 0.5) is 5.69 Å². The second-order valence-corrected chi connectivity index (χ2v) is 5.60. The van der Waals surface area contributed by atoms with Crippen molar-refractivity contribution in [2.45, 2.75) is 39.5 Å². The molecule has 1 aliphatic heterocycles. The van der Waals surface area contributed by atoms with Crippen LogP contribution < -0.4 is 9.64 Å². The number of rotatable bonds is 8. The zero-order valence-electron chi connectivity index (χ0n) is 14.2. The van der Waals surface area contributed by atoms with E-state index in [1.54, 1.807) is 30.0 Å². The quantitative estimate of drug-likeness (QED) is 0.540. The lowest BCUT2D eigenvalue weighted by Crippen LogP contribution is -2.39. The van der Waals surface area contributed by atoms with E-state index < -0.39 is 0 Å². The first-order chi connectivity index (χ1) is 11.6. The third kappa shape index (κ3) is 4.34. The monoisotopic (exact) mass is 333 g/mol. The highest BCUT2D eigenvalue weighted by Crippen LogP contribution is 2.33. The van der Waals surface area contributed by atoms with Gasteiger partial charge in [0.15, 0.2) is 12.4 Å². The lowest BCUT2D eigenvalue weighted by Gasteiger charge is -2.29. The van der Waals surface area contributed by atoms with Crippen LogP contribution in [0.2, 0.25) is 0 Å². The summed E-state index contributed by atoms with van der Waals surface area (Å²) in [6.07, 6.45) is 1.99. The fourth-order valence-electron chi connectivity index (χ4n) is 2.53. The molecule has 6 heteroatoms. The standard InChI is InChI=1S/C18H23NO5/c1-3-5-10-19-14-11-13(6-8-16(14)24-12-17(19)21)15(20)7-9-18(22)23-4-2/h6,8,11H,3-5,7,9-10,12H2,1-2H3. The smallest absolute Gasteiger partial charge is 0.306 e. The largest absolute Gasteiger partial charge is 0.482 e. The van der Waals surface area contributed by atoms with Crippen LogP contribution in [-0.4, -0.2) is 37.4 Å². The van der Waals surface area contributed by atoms with Crippen LogP contribution in [0.15, 0.2) is 18.2 Å². The SMILES string of the molecule is CCCCN1C(=O)COc2ccc(C(=O)CCC(=O)OCC)cc21. The zero-order valence-corrected chi connectivity index (χ0v) is 14.2. The summed E-state index contributed by atoms with van der Waals surface area (Å²) < 4.78 is 10.3. The van der Waals surface area contributed by atoms with Gasteiger partial charge < -0.3 is 14.4 Å². The highest BCUT2D eigenvalue weighted by molar-refractivity contribution is 6.02. The van der Waals surface area contributed by atoms with Crippen molar-refractivity contribution in [1.82, 2.24) is 0 Å². The fraction of sp³-hybridized carbons (Fsp3) is 0.500. The number of benzene rings is 1. The van der Waals surface area contributed by atoms with Gasteiger partial charge in [-0.25, -0.2) is 0 Å². The van der Waals surface area contributed by atoms with Gasteiger partial charge in [0.25, 0.3) is 5.91 Å². The van der Waals surface area contributed by atoms with Crippen LogP contribution >= 0.6 is 0 Å². The number of amides is 1. The Morgan fingerprint density at radius 1 is 1.25 bits per heavy atom. The van der Waals surface area contributed by atoms with E-state index in [4.69, 9.17) is 9.47 Å². The molecular formula is C18H23NO5. The Morgan fingerprint density at radius 3 is 2.75 bits per heavy atom. The van der Waals surface area contributed by atoms with Gasteiger partial charge in [0.2, 0.25) is 0 Å². The van der Waals surface area contributed by atoms with Gasteiger partial charge in [-0.15, -0.1) is 0 Å². The van der Waals surface area contributed by atoms with E-state index in [0.717, 1.165) is 12.8 Å². The van der Waals surface area contributed by atoms with E-state index in [2.05, 4.69) is 6.92 Å². The molecule has 0 N–H and O–H groups in total. The summed E-state index contributed by atoms with van der Waals surface area (Å²) in [5.74, 6) is -0.0362. The molecule has 0 bridgehead atoms. The molecule has 1 amide bonds. The average Bonchev–Trinajstić information content (AvgIpc) is 2.58. The molecule has 0 aliphatic carbocycles. The maximum absolute atomic E-state index is 12.3. The number of ether oxygens (including phenoxy) is 2. The minimum absolute atomic E-state index is 0.0207. The van der Waals surface area contributed by atoms with E-state index in [1.165, 1.54) is 0 Å². The second kappa shape index (κ2) is 8.47. The number of nitrogens with zero attached hydrogens (tertiary/aromatic N) is 1. The van der Waals surface area contributed by atoms with E-state index in [9.17, 15) is 14.4 Å². The summed E-state index contributed by atoms with van der Waals surface area (Å²) in [7, 11) is 0. The molecule has 0 atom stereocenters. The van der Waals surface area contributed by atoms with Crippen LogP contribution in [-0.2, 0) is 14.3 Å². The Labute approximate surface area is 141 Å². The Bertz CT molecular complexity index is 626. The van der Waals surface area contributed by atoms with Crippen LogP contribution in [0.3, 0.4) is 0 Å². The minimum atomic E-state index is -0.383. The molecule has 1 aromatic carbocycles. The Balaban J connectivity index is 2.13. The molecule has 0 saturated heterocycles. The van der Waals surface area contributed by atoms with E-state index in [1.807, 2.05) is 0 Å². The van der Waals surface area contributed by atoms with Crippen LogP contribution in [0.5, 0.6) is 5.75 Å². The molecule has 1 aliphatic rings. The first-order valence-electron chi connectivity index (χ1n) is 8.32. The number of ketones is 1.